The van der Waals surface area contributed by atoms with Gasteiger partial charge in [0.05, 0.1) is 18.7 Å². The zero-order valence-electron chi connectivity index (χ0n) is 11.4. The number of ether oxygens (including phenoxy) is 2. The van der Waals surface area contributed by atoms with Crippen LogP contribution in [0.25, 0.3) is 0 Å². The van der Waals surface area contributed by atoms with E-state index in [2.05, 4.69) is 5.32 Å². The molecule has 1 aliphatic heterocycles. The number of benzene rings is 1. The first kappa shape index (κ1) is 13.8. The lowest BCUT2D eigenvalue weighted by Crippen LogP contribution is -2.45. The van der Waals surface area contributed by atoms with Crippen LogP contribution in [0.4, 0.5) is 0 Å². The molecule has 1 aromatic carbocycles. The van der Waals surface area contributed by atoms with E-state index in [9.17, 15) is 4.79 Å². The molecule has 0 spiro atoms. The lowest BCUT2D eigenvalue weighted by atomic mass is 10.1. The standard InChI is InChI=1S/C14H20N2O3/c1-15-11(10-18-2)9-16-7-8-19-13-6-4-3-5-12(13)14(16)17/h3-6,11,15H,7-10H2,1-2H3. The maximum Gasteiger partial charge on any atom is 0.257 e. The van der Waals surface area contributed by atoms with Crippen LogP contribution >= 0.6 is 0 Å². The van der Waals surface area contributed by atoms with Gasteiger partial charge in [0.1, 0.15) is 12.4 Å². The van der Waals surface area contributed by atoms with E-state index in [4.69, 9.17) is 9.47 Å². The van der Waals surface area contributed by atoms with Crippen LogP contribution in [0.3, 0.4) is 0 Å². The van der Waals surface area contributed by atoms with Gasteiger partial charge >= 0.3 is 0 Å². The number of hydrogen-bond donors (Lipinski definition) is 1. The smallest absolute Gasteiger partial charge is 0.257 e. The molecule has 5 nitrogen and oxygen atoms in total. The number of rotatable bonds is 5. The molecule has 1 N–H and O–H groups in total. The molecule has 1 unspecified atom stereocenters. The Labute approximate surface area is 113 Å². The molecule has 1 aromatic rings. The summed E-state index contributed by atoms with van der Waals surface area (Å²) in [5.74, 6) is 0.687. The van der Waals surface area contributed by atoms with Crippen LogP contribution in [0.2, 0.25) is 0 Å². The number of nitrogens with zero attached hydrogens (tertiary/aromatic N) is 1. The molecule has 0 saturated heterocycles. The van der Waals surface area contributed by atoms with Crippen LogP contribution in [0.1, 0.15) is 10.4 Å². The lowest BCUT2D eigenvalue weighted by molar-refractivity contribution is 0.0705. The van der Waals surface area contributed by atoms with Gasteiger partial charge in [-0.2, -0.15) is 0 Å². The minimum Gasteiger partial charge on any atom is -0.491 e. The number of methoxy groups -OCH3 is 1. The van der Waals surface area contributed by atoms with Gasteiger partial charge in [0.15, 0.2) is 0 Å². The minimum atomic E-state index is 0.0180. The molecule has 19 heavy (non-hydrogen) atoms. The Morgan fingerprint density at radius 3 is 3.00 bits per heavy atom. The highest BCUT2D eigenvalue weighted by Crippen LogP contribution is 2.22. The van der Waals surface area contributed by atoms with Crippen molar-refractivity contribution in [1.29, 1.82) is 0 Å². The van der Waals surface area contributed by atoms with Crippen molar-refractivity contribution in [1.82, 2.24) is 10.2 Å². The highest BCUT2D eigenvalue weighted by atomic mass is 16.5. The van der Waals surface area contributed by atoms with Gasteiger partial charge in [0, 0.05) is 19.7 Å². The summed E-state index contributed by atoms with van der Waals surface area (Å²) in [6.07, 6.45) is 0. The van der Waals surface area contributed by atoms with Crippen molar-refractivity contribution < 1.29 is 14.3 Å². The maximum absolute atomic E-state index is 12.5. The molecule has 5 heteroatoms. The molecule has 104 valence electrons. The van der Waals surface area contributed by atoms with E-state index in [-0.39, 0.29) is 11.9 Å². The zero-order chi connectivity index (χ0) is 13.7. The van der Waals surface area contributed by atoms with Crippen LogP contribution in [0.5, 0.6) is 5.75 Å². The third-order valence-electron chi connectivity index (χ3n) is 3.24. The Morgan fingerprint density at radius 1 is 1.47 bits per heavy atom. The molecule has 0 bridgehead atoms. The Bertz CT molecular complexity index is 436. The monoisotopic (exact) mass is 264 g/mol. The van der Waals surface area contributed by atoms with Crippen molar-refractivity contribution in [3.8, 4) is 5.75 Å². The number of amides is 1. The number of hydrogen-bond acceptors (Lipinski definition) is 4. The molecule has 0 radical (unpaired) electrons. The summed E-state index contributed by atoms with van der Waals surface area (Å²) < 4.78 is 10.8. The summed E-state index contributed by atoms with van der Waals surface area (Å²) in [5, 5.41) is 3.16. The summed E-state index contributed by atoms with van der Waals surface area (Å²) in [7, 11) is 3.53. The molecule has 1 heterocycles. The van der Waals surface area contributed by atoms with Gasteiger partial charge < -0.3 is 19.7 Å². The average Bonchev–Trinajstić information content (AvgIpc) is 2.59. The van der Waals surface area contributed by atoms with Crippen LogP contribution in [0.15, 0.2) is 24.3 Å². The van der Waals surface area contributed by atoms with Gasteiger partial charge in [-0.15, -0.1) is 0 Å². The Balaban J connectivity index is 2.12. The molecule has 1 aliphatic rings. The lowest BCUT2D eigenvalue weighted by Gasteiger charge is -2.25. The van der Waals surface area contributed by atoms with E-state index in [0.717, 1.165) is 0 Å². The Kier molecular flexibility index (Phi) is 4.76. The number of carbonyl (C=O) groups is 1. The molecular weight excluding hydrogens is 244 g/mol. The molecular formula is C14H20N2O3. The van der Waals surface area contributed by atoms with Crippen molar-refractivity contribution in [3.63, 3.8) is 0 Å². The largest absolute Gasteiger partial charge is 0.491 e. The third-order valence-corrected chi connectivity index (χ3v) is 3.24. The first-order valence-electron chi connectivity index (χ1n) is 6.43. The summed E-state index contributed by atoms with van der Waals surface area (Å²) in [6, 6.07) is 7.50. The Hall–Kier alpha value is -1.59. The normalized spacial score (nSPS) is 16.5. The summed E-state index contributed by atoms with van der Waals surface area (Å²) in [6.45, 7) is 2.30. The number of para-hydroxylation sites is 1. The van der Waals surface area contributed by atoms with Crippen molar-refractivity contribution in [2.75, 3.05) is 40.5 Å². The van der Waals surface area contributed by atoms with Gasteiger partial charge in [-0.25, -0.2) is 0 Å². The van der Waals surface area contributed by atoms with Gasteiger partial charge in [0.2, 0.25) is 0 Å². The SMILES string of the molecule is CNC(COC)CN1CCOc2ccccc2C1=O. The number of fused-ring (bicyclic) bond motifs is 1. The topological polar surface area (TPSA) is 50.8 Å². The fourth-order valence-electron chi connectivity index (χ4n) is 2.18. The second kappa shape index (κ2) is 6.54. The number of carbonyl (C=O) groups excluding carboxylic acids is 1. The molecule has 1 amide bonds. The molecule has 2 rings (SSSR count). The summed E-state index contributed by atoms with van der Waals surface area (Å²) >= 11 is 0. The van der Waals surface area contributed by atoms with Gasteiger partial charge in [0.25, 0.3) is 5.91 Å². The van der Waals surface area contributed by atoms with Crippen molar-refractivity contribution in [3.05, 3.63) is 29.8 Å². The predicted octanol–water partition coefficient (Wildman–Crippen LogP) is 0.756. The van der Waals surface area contributed by atoms with Crippen molar-refractivity contribution in [2.24, 2.45) is 0 Å². The highest BCUT2D eigenvalue weighted by molar-refractivity contribution is 5.97. The number of nitrogens with one attached hydrogen (secondary N) is 1. The molecule has 0 fully saturated rings. The third kappa shape index (κ3) is 3.24. The average molecular weight is 264 g/mol. The fourth-order valence-corrected chi connectivity index (χ4v) is 2.18. The second-order valence-corrected chi connectivity index (χ2v) is 4.54. The van der Waals surface area contributed by atoms with Crippen LogP contribution in [-0.4, -0.2) is 57.3 Å². The van der Waals surface area contributed by atoms with E-state index in [1.54, 1.807) is 13.2 Å². The van der Waals surface area contributed by atoms with Crippen LogP contribution in [0, 0.1) is 0 Å². The molecule has 1 atom stereocenters. The fraction of sp³-hybridized carbons (Fsp3) is 0.500. The number of likely N-dealkylation sites (N-methyl/N-ethyl adjacent to an activating group) is 1. The highest BCUT2D eigenvalue weighted by Gasteiger charge is 2.24. The van der Waals surface area contributed by atoms with Crippen LogP contribution in [-0.2, 0) is 4.74 Å². The van der Waals surface area contributed by atoms with E-state index < -0.39 is 0 Å². The van der Waals surface area contributed by atoms with E-state index in [0.29, 0.717) is 37.6 Å². The van der Waals surface area contributed by atoms with Crippen molar-refractivity contribution >= 4 is 5.91 Å². The summed E-state index contributed by atoms with van der Waals surface area (Å²) in [4.78, 5) is 14.3. The van der Waals surface area contributed by atoms with Gasteiger partial charge in [-0.1, -0.05) is 12.1 Å². The summed E-state index contributed by atoms with van der Waals surface area (Å²) in [5.41, 5.74) is 0.632. The van der Waals surface area contributed by atoms with Gasteiger partial charge in [-0.3, -0.25) is 4.79 Å². The van der Waals surface area contributed by atoms with Gasteiger partial charge in [-0.05, 0) is 19.2 Å². The minimum absolute atomic E-state index is 0.0180. The van der Waals surface area contributed by atoms with Crippen molar-refractivity contribution in [2.45, 2.75) is 6.04 Å². The molecule has 0 aromatic heterocycles. The second-order valence-electron chi connectivity index (χ2n) is 4.54. The van der Waals surface area contributed by atoms with E-state index >= 15 is 0 Å². The zero-order valence-corrected chi connectivity index (χ0v) is 11.4. The predicted molar refractivity (Wildman–Crippen MR) is 72.6 cm³/mol. The van der Waals surface area contributed by atoms with Crippen LogP contribution < -0.4 is 10.1 Å². The van der Waals surface area contributed by atoms with E-state index in [1.807, 2.05) is 30.1 Å². The maximum atomic E-state index is 12.5. The first-order valence-corrected chi connectivity index (χ1v) is 6.43. The first-order chi connectivity index (χ1) is 9.26. The molecule has 0 saturated carbocycles. The van der Waals surface area contributed by atoms with E-state index in [1.165, 1.54) is 0 Å². The Morgan fingerprint density at radius 2 is 2.26 bits per heavy atom. The molecule has 0 aliphatic carbocycles. The quantitative estimate of drug-likeness (QED) is 0.853.